The molecule has 1 fully saturated rings. The van der Waals surface area contributed by atoms with E-state index >= 15 is 0 Å². The maximum Gasteiger partial charge on any atom is 0.251 e. The molecule has 2 aromatic carbocycles. The highest BCUT2D eigenvalue weighted by atomic mass is 127. The van der Waals surface area contributed by atoms with Gasteiger partial charge in [0.15, 0.2) is 5.96 Å². The molecule has 0 spiro atoms. The molecule has 0 unspecified atom stereocenters. The lowest BCUT2D eigenvalue weighted by molar-refractivity contribution is 0.0963. The molecule has 1 amide bonds. The predicted molar refractivity (Wildman–Crippen MR) is 133 cm³/mol. The molecule has 0 radical (unpaired) electrons. The number of hydrogen-bond donors (Lipinski definition) is 3. The first-order chi connectivity index (χ1) is 13.6. The molecule has 1 aliphatic rings. The van der Waals surface area contributed by atoms with Crippen molar-refractivity contribution in [2.75, 3.05) is 20.1 Å². The lowest BCUT2D eigenvalue weighted by Gasteiger charge is -2.20. The highest BCUT2D eigenvalue weighted by Crippen LogP contribution is 2.49. The van der Waals surface area contributed by atoms with E-state index in [1.807, 2.05) is 24.3 Å². The number of nitrogens with zero attached hydrogens (tertiary/aromatic N) is 1. The Morgan fingerprint density at radius 1 is 1.10 bits per heavy atom. The van der Waals surface area contributed by atoms with Gasteiger partial charge < -0.3 is 16.0 Å². The van der Waals surface area contributed by atoms with Gasteiger partial charge in [-0.15, -0.1) is 24.0 Å². The molecule has 0 saturated heterocycles. The zero-order valence-corrected chi connectivity index (χ0v) is 20.7. The standard InChI is InChI=1S/C22H27BrN4O.HI/c1-3-25-21(26-14-16-8-10-17(11-9-16)20(28)24-2)27-15-22(12-13-22)18-6-4-5-7-19(18)23;/h4-11H,3,12-15H2,1-2H3,(H,24,28)(H2,25,26,27);1H. The van der Waals surface area contributed by atoms with Gasteiger partial charge in [-0.1, -0.05) is 46.3 Å². The van der Waals surface area contributed by atoms with E-state index in [1.54, 1.807) is 7.05 Å². The van der Waals surface area contributed by atoms with Crippen LogP contribution >= 0.6 is 39.9 Å². The fraction of sp³-hybridized carbons (Fsp3) is 0.364. The summed E-state index contributed by atoms with van der Waals surface area (Å²) in [7, 11) is 1.63. The van der Waals surface area contributed by atoms with Crippen molar-refractivity contribution in [3.63, 3.8) is 0 Å². The SMILES string of the molecule is CCNC(=NCc1ccc(C(=O)NC)cc1)NCC1(c2ccccc2Br)CC1.I. The quantitative estimate of drug-likeness (QED) is 0.265. The number of halogens is 2. The van der Waals surface area contributed by atoms with Crippen molar-refractivity contribution in [1.82, 2.24) is 16.0 Å². The van der Waals surface area contributed by atoms with Gasteiger partial charge in [0.25, 0.3) is 5.91 Å². The van der Waals surface area contributed by atoms with Gasteiger partial charge in [-0.2, -0.15) is 0 Å². The number of nitrogens with one attached hydrogen (secondary N) is 3. The molecule has 7 heteroatoms. The topological polar surface area (TPSA) is 65.5 Å². The highest BCUT2D eigenvalue weighted by Gasteiger charge is 2.45. The average molecular weight is 571 g/mol. The van der Waals surface area contributed by atoms with Gasteiger partial charge in [-0.05, 0) is 49.1 Å². The molecule has 156 valence electrons. The number of amides is 1. The summed E-state index contributed by atoms with van der Waals surface area (Å²) in [5.41, 5.74) is 3.27. The summed E-state index contributed by atoms with van der Waals surface area (Å²) in [6, 6.07) is 16.0. The largest absolute Gasteiger partial charge is 0.357 e. The second-order valence-corrected chi connectivity index (χ2v) is 7.94. The fourth-order valence-corrected chi connectivity index (χ4v) is 3.96. The second kappa shape index (κ2) is 11.0. The van der Waals surface area contributed by atoms with Gasteiger partial charge >= 0.3 is 0 Å². The van der Waals surface area contributed by atoms with Crippen molar-refractivity contribution in [2.24, 2.45) is 4.99 Å². The molecule has 3 rings (SSSR count). The Balaban J connectivity index is 0.00000300. The van der Waals surface area contributed by atoms with E-state index in [4.69, 9.17) is 4.99 Å². The van der Waals surface area contributed by atoms with Crippen molar-refractivity contribution in [3.8, 4) is 0 Å². The number of benzene rings is 2. The van der Waals surface area contributed by atoms with Gasteiger partial charge in [0.1, 0.15) is 0 Å². The molecule has 1 aliphatic carbocycles. The molecule has 2 aromatic rings. The first-order valence-corrected chi connectivity index (χ1v) is 10.5. The van der Waals surface area contributed by atoms with Gasteiger partial charge in [-0.3, -0.25) is 4.79 Å². The molecule has 29 heavy (non-hydrogen) atoms. The third kappa shape index (κ3) is 6.18. The lowest BCUT2D eigenvalue weighted by atomic mass is 9.96. The Hall–Kier alpha value is -1.61. The van der Waals surface area contributed by atoms with Crippen molar-refractivity contribution in [3.05, 3.63) is 69.7 Å². The van der Waals surface area contributed by atoms with E-state index in [-0.39, 0.29) is 35.3 Å². The molecule has 3 N–H and O–H groups in total. The van der Waals surface area contributed by atoms with Gasteiger partial charge in [0.2, 0.25) is 0 Å². The molecule has 0 aliphatic heterocycles. The van der Waals surface area contributed by atoms with Crippen LogP contribution in [0.5, 0.6) is 0 Å². The Morgan fingerprint density at radius 3 is 2.38 bits per heavy atom. The van der Waals surface area contributed by atoms with Crippen molar-refractivity contribution >= 4 is 51.8 Å². The molecule has 0 atom stereocenters. The summed E-state index contributed by atoms with van der Waals surface area (Å²) < 4.78 is 1.17. The van der Waals surface area contributed by atoms with E-state index in [9.17, 15) is 4.79 Å². The number of aliphatic imine (C=N–C) groups is 1. The molecule has 5 nitrogen and oxygen atoms in total. The summed E-state index contributed by atoms with van der Waals surface area (Å²) in [4.78, 5) is 16.3. The lowest BCUT2D eigenvalue weighted by Crippen LogP contribution is -2.41. The van der Waals surface area contributed by atoms with Crippen molar-refractivity contribution < 1.29 is 4.79 Å². The van der Waals surface area contributed by atoms with Crippen LogP contribution in [0, 0.1) is 0 Å². The van der Waals surface area contributed by atoms with Gasteiger partial charge in [0.05, 0.1) is 6.54 Å². The minimum Gasteiger partial charge on any atom is -0.357 e. The summed E-state index contributed by atoms with van der Waals surface area (Å²) in [5.74, 6) is 0.739. The van der Waals surface area contributed by atoms with E-state index in [0.29, 0.717) is 12.1 Å². The molecule has 0 aromatic heterocycles. The summed E-state index contributed by atoms with van der Waals surface area (Å²) in [5, 5.41) is 9.47. The Labute approximate surface area is 198 Å². The van der Waals surface area contributed by atoms with Crippen LogP contribution in [0.1, 0.15) is 41.3 Å². The van der Waals surface area contributed by atoms with Crippen LogP contribution in [0.3, 0.4) is 0 Å². The van der Waals surface area contributed by atoms with Crippen LogP contribution in [-0.4, -0.2) is 32.0 Å². The average Bonchev–Trinajstić information content (AvgIpc) is 3.51. The van der Waals surface area contributed by atoms with Gasteiger partial charge in [-0.25, -0.2) is 4.99 Å². The third-order valence-corrected chi connectivity index (χ3v) is 5.79. The smallest absolute Gasteiger partial charge is 0.251 e. The van der Waals surface area contributed by atoms with Crippen LogP contribution in [0.25, 0.3) is 0 Å². The Kier molecular flexibility index (Phi) is 8.95. The molecule has 1 saturated carbocycles. The second-order valence-electron chi connectivity index (χ2n) is 7.08. The van der Waals surface area contributed by atoms with Crippen LogP contribution < -0.4 is 16.0 Å². The highest BCUT2D eigenvalue weighted by molar-refractivity contribution is 14.0. The van der Waals surface area contributed by atoms with E-state index in [1.165, 1.54) is 22.9 Å². The maximum absolute atomic E-state index is 11.6. The third-order valence-electron chi connectivity index (χ3n) is 5.10. The van der Waals surface area contributed by atoms with Crippen molar-refractivity contribution in [1.29, 1.82) is 0 Å². The van der Waals surface area contributed by atoms with Gasteiger partial charge in [0, 0.05) is 35.6 Å². The molecule has 0 heterocycles. The number of hydrogen-bond acceptors (Lipinski definition) is 2. The van der Waals surface area contributed by atoms with Crippen LogP contribution in [-0.2, 0) is 12.0 Å². The molecular weight excluding hydrogens is 543 g/mol. The summed E-state index contributed by atoms with van der Waals surface area (Å²) in [6.45, 7) is 4.29. The van der Waals surface area contributed by atoms with Crippen LogP contribution in [0.2, 0.25) is 0 Å². The normalized spacial score (nSPS) is 14.5. The number of carbonyl (C=O) groups excluding carboxylic acids is 1. The van der Waals surface area contributed by atoms with E-state index in [0.717, 1.165) is 24.6 Å². The first kappa shape index (κ1) is 23.7. The minimum absolute atomic E-state index is 0. The molecular formula is C22H28BrIN4O. The Morgan fingerprint density at radius 2 is 1.79 bits per heavy atom. The van der Waals surface area contributed by atoms with E-state index in [2.05, 4.69) is 63.1 Å². The number of carbonyl (C=O) groups is 1. The summed E-state index contributed by atoms with van der Waals surface area (Å²) >= 11 is 3.69. The zero-order chi connectivity index (χ0) is 20.0. The molecule has 0 bridgehead atoms. The predicted octanol–water partition coefficient (Wildman–Crippen LogP) is 4.21. The maximum atomic E-state index is 11.6. The first-order valence-electron chi connectivity index (χ1n) is 9.66. The van der Waals surface area contributed by atoms with E-state index < -0.39 is 0 Å². The Bertz CT molecular complexity index is 850. The number of rotatable bonds is 7. The van der Waals surface area contributed by atoms with Crippen molar-refractivity contribution in [2.45, 2.75) is 31.7 Å². The monoisotopic (exact) mass is 570 g/mol. The van der Waals surface area contributed by atoms with Crippen LogP contribution in [0.4, 0.5) is 0 Å². The van der Waals surface area contributed by atoms with Crippen LogP contribution in [0.15, 0.2) is 58.0 Å². The fourth-order valence-electron chi connectivity index (χ4n) is 3.25. The zero-order valence-electron chi connectivity index (χ0n) is 16.8. The summed E-state index contributed by atoms with van der Waals surface area (Å²) in [6.07, 6.45) is 2.37. The number of guanidine groups is 1. The minimum atomic E-state index is -0.0770.